The molecule has 180 valence electrons. The maximum Gasteiger partial charge on any atom is 0.313 e. The molecular weight excluding hydrogens is 434 g/mol. The molecule has 0 spiro atoms. The van der Waals surface area contributed by atoms with E-state index in [1.807, 2.05) is 6.08 Å². The molecule has 1 aromatic heterocycles. The summed E-state index contributed by atoms with van der Waals surface area (Å²) in [5.41, 5.74) is 2.54. The van der Waals surface area contributed by atoms with Crippen LogP contribution in [0.25, 0.3) is 28.3 Å². The topological polar surface area (TPSA) is 55.2 Å². The Kier molecular flexibility index (Phi) is 9.71. The minimum Gasteiger partial charge on any atom is -0.479 e. The van der Waals surface area contributed by atoms with Crippen molar-refractivity contribution in [3.05, 3.63) is 72.1 Å². The lowest BCUT2D eigenvalue weighted by atomic mass is 9.99. The van der Waals surface area contributed by atoms with Gasteiger partial charge in [0, 0.05) is 35.7 Å². The van der Waals surface area contributed by atoms with Gasteiger partial charge in [0.25, 0.3) is 0 Å². The molecule has 3 aromatic rings. The van der Waals surface area contributed by atoms with Crippen molar-refractivity contribution in [2.24, 2.45) is 0 Å². The highest BCUT2D eigenvalue weighted by Crippen LogP contribution is 2.29. The number of allylic oxidation sites excluding steroid dienone is 1. The Morgan fingerprint density at radius 1 is 0.912 bits per heavy atom. The molecule has 0 amide bonds. The smallest absolute Gasteiger partial charge is 0.313 e. The second-order valence-electron chi connectivity index (χ2n) is 8.40. The van der Waals surface area contributed by atoms with Crippen LogP contribution in [0.3, 0.4) is 0 Å². The van der Waals surface area contributed by atoms with Crippen LogP contribution in [0.1, 0.15) is 57.9 Å². The van der Waals surface area contributed by atoms with Gasteiger partial charge < -0.3 is 9.84 Å². The van der Waals surface area contributed by atoms with E-state index in [2.05, 4.69) is 23.8 Å². The Hall–Kier alpha value is -3.12. The predicted octanol–water partition coefficient (Wildman–Crippen LogP) is 7.57. The van der Waals surface area contributed by atoms with Gasteiger partial charge in [-0.1, -0.05) is 68.3 Å². The quantitative estimate of drug-likeness (QED) is 0.280. The van der Waals surface area contributed by atoms with Crippen LogP contribution < -0.4 is 0 Å². The number of hydrogen-bond donors (Lipinski definition) is 1. The van der Waals surface area contributed by atoms with Crippen LogP contribution in [0.15, 0.2) is 54.9 Å². The number of hydrogen-bond acceptors (Lipinski definition) is 4. The van der Waals surface area contributed by atoms with Crippen molar-refractivity contribution in [3.63, 3.8) is 0 Å². The highest BCUT2D eigenvalue weighted by atomic mass is 19.2. The zero-order valence-electron chi connectivity index (χ0n) is 19.8. The number of ether oxygens (including phenoxy) is 1. The first-order valence-corrected chi connectivity index (χ1v) is 11.9. The van der Waals surface area contributed by atoms with Gasteiger partial charge in [0.2, 0.25) is 0 Å². The third kappa shape index (κ3) is 7.19. The first kappa shape index (κ1) is 25.5. The first-order chi connectivity index (χ1) is 16.5. The van der Waals surface area contributed by atoms with E-state index in [1.165, 1.54) is 25.2 Å². The molecule has 1 N–H and O–H groups in total. The van der Waals surface area contributed by atoms with Gasteiger partial charge >= 0.3 is 6.01 Å². The summed E-state index contributed by atoms with van der Waals surface area (Å²) in [5.74, 6) is -1.71. The fourth-order valence-corrected chi connectivity index (χ4v) is 3.68. The molecule has 6 heteroatoms. The Balaban J connectivity index is 1.56. The number of rotatable bonds is 12. The molecule has 3 rings (SSSR count). The maximum absolute atomic E-state index is 14.8. The second kappa shape index (κ2) is 12.9. The number of halogens is 2. The van der Waals surface area contributed by atoms with Gasteiger partial charge in [0.15, 0.2) is 11.6 Å². The molecule has 0 fully saturated rings. The van der Waals surface area contributed by atoms with E-state index >= 15 is 0 Å². The van der Waals surface area contributed by atoms with Crippen molar-refractivity contribution in [2.45, 2.75) is 58.5 Å². The third-order valence-corrected chi connectivity index (χ3v) is 5.71. The molecule has 0 aliphatic rings. The predicted molar refractivity (Wildman–Crippen MR) is 132 cm³/mol. The normalized spacial score (nSPS) is 12.4. The van der Waals surface area contributed by atoms with E-state index in [4.69, 9.17) is 4.74 Å². The van der Waals surface area contributed by atoms with Crippen molar-refractivity contribution in [3.8, 4) is 28.3 Å². The number of unbranched alkanes of at least 4 members (excludes halogenated alkanes) is 3. The van der Waals surface area contributed by atoms with E-state index < -0.39 is 11.6 Å². The zero-order valence-corrected chi connectivity index (χ0v) is 19.8. The van der Waals surface area contributed by atoms with Gasteiger partial charge in [0.1, 0.15) is 0 Å². The summed E-state index contributed by atoms with van der Waals surface area (Å²) in [6.07, 6.45) is 12.9. The average Bonchev–Trinajstić information content (AvgIpc) is 2.85. The van der Waals surface area contributed by atoms with Crippen molar-refractivity contribution in [1.82, 2.24) is 9.97 Å². The summed E-state index contributed by atoms with van der Waals surface area (Å²) < 4.78 is 35.3. The molecule has 0 bridgehead atoms. The lowest BCUT2D eigenvalue weighted by molar-refractivity contribution is 0.0566. The number of benzene rings is 2. The number of nitrogens with zero attached hydrogens (tertiary/aromatic N) is 2. The van der Waals surface area contributed by atoms with Gasteiger partial charge in [-0.25, -0.2) is 18.7 Å². The van der Waals surface area contributed by atoms with Gasteiger partial charge in [-0.05, 0) is 43.7 Å². The molecular formula is C28H32F2N2O2. The lowest BCUT2D eigenvalue weighted by Crippen LogP contribution is -2.08. The number of aromatic nitrogens is 2. The Morgan fingerprint density at radius 3 is 2.32 bits per heavy atom. The van der Waals surface area contributed by atoms with Gasteiger partial charge in [0.05, 0.1) is 6.10 Å². The van der Waals surface area contributed by atoms with Gasteiger partial charge in [-0.3, -0.25) is 0 Å². The Labute approximate surface area is 200 Å². The van der Waals surface area contributed by atoms with E-state index in [0.717, 1.165) is 37.9 Å². The zero-order chi connectivity index (χ0) is 24.3. The minimum atomic E-state index is -0.864. The Bertz CT molecular complexity index is 1070. The fourth-order valence-electron chi connectivity index (χ4n) is 3.68. The van der Waals surface area contributed by atoms with E-state index in [-0.39, 0.29) is 23.2 Å². The van der Waals surface area contributed by atoms with Crippen molar-refractivity contribution >= 4 is 6.08 Å². The molecule has 1 unspecified atom stereocenters. The third-order valence-electron chi connectivity index (χ3n) is 5.71. The molecule has 4 nitrogen and oxygen atoms in total. The highest BCUT2D eigenvalue weighted by molar-refractivity contribution is 5.71. The molecule has 2 aromatic carbocycles. The summed E-state index contributed by atoms with van der Waals surface area (Å²) >= 11 is 0. The van der Waals surface area contributed by atoms with Crippen LogP contribution >= 0.6 is 0 Å². The van der Waals surface area contributed by atoms with Crippen LogP contribution in [0, 0.1) is 11.6 Å². The molecule has 0 saturated heterocycles. The summed E-state index contributed by atoms with van der Waals surface area (Å²) in [4.78, 5) is 7.51. The summed E-state index contributed by atoms with van der Waals surface area (Å²) in [6, 6.07) is 9.92. The van der Waals surface area contributed by atoms with Gasteiger partial charge in [-0.2, -0.15) is 0 Å². The van der Waals surface area contributed by atoms with Crippen molar-refractivity contribution < 1.29 is 18.6 Å². The lowest BCUT2D eigenvalue weighted by Gasteiger charge is -2.12. The van der Waals surface area contributed by atoms with E-state index in [0.29, 0.717) is 11.1 Å². The molecule has 34 heavy (non-hydrogen) atoms. The molecule has 0 radical (unpaired) electrons. The fraction of sp³-hybridized carbons (Fsp3) is 0.357. The van der Waals surface area contributed by atoms with Crippen LogP contribution in [-0.4, -0.2) is 27.8 Å². The summed E-state index contributed by atoms with van der Waals surface area (Å²) in [7, 11) is 0. The van der Waals surface area contributed by atoms with Crippen molar-refractivity contribution in [2.75, 3.05) is 6.61 Å². The molecule has 1 atom stereocenters. The second-order valence-corrected chi connectivity index (χ2v) is 8.40. The van der Waals surface area contributed by atoms with Crippen LogP contribution in [-0.2, 0) is 4.74 Å². The SMILES string of the molecule is CCCCCOC(C)CCC/C=C/c1ccc(-c2ccc(-c3cnc(O)nc3)cc2)c(F)c1F. The van der Waals surface area contributed by atoms with Gasteiger partial charge in [-0.15, -0.1) is 0 Å². The maximum atomic E-state index is 14.8. The Morgan fingerprint density at radius 2 is 1.62 bits per heavy atom. The van der Waals surface area contributed by atoms with E-state index in [1.54, 1.807) is 42.5 Å². The molecule has 0 saturated carbocycles. The molecule has 0 aliphatic heterocycles. The van der Waals surface area contributed by atoms with Crippen molar-refractivity contribution in [1.29, 1.82) is 0 Å². The molecule has 1 heterocycles. The van der Waals surface area contributed by atoms with Crippen LogP contribution in [0.2, 0.25) is 0 Å². The van der Waals surface area contributed by atoms with Crippen LogP contribution in [0.4, 0.5) is 8.78 Å². The minimum absolute atomic E-state index is 0.206. The van der Waals surface area contributed by atoms with E-state index in [9.17, 15) is 13.9 Å². The largest absolute Gasteiger partial charge is 0.479 e. The van der Waals surface area contributed by atoms with Crippen LogP contribution in [0.5, 0.6) is 6.01 Å². The standard InChI is InChI=1S/C28H32F2N2O2/c1-3-4-8-17-34-20(2)9-6-5-7-10-23-15-16-25(27(30)26(23)29)22-13-11-21(12-14-22)24-18-31-28(33)32-19-24/h7,10-16,18-20H,3-6,8-9,17H2,1-2H3,(H,31,32,33)/b10-7+. The first-order valence-electron chi connectivity index (χ1n) is 11.9. The number of aromatic hydroxyl groups is 1. The molecule has 0 aliphatic carbocycles. The highest BCUT2D eigenvalue weighted by Gasteiger charge is 2.14. The average molecular weight is 467 g/mol. The summed E-state index contributed by atoms with van der Waals surface area (Å²) in [5, 5.41) is 9.21. The summed E-state index contributed by atoms with van der Waals surface area (Å²) in [6.45, 7) is 5.05. The monoisotopic (exact) mass is 466 g/mol.